The number of rotatable bonds is 6. The van der Waals surface area contributed by atoms with Crippen molar-refractivity contribution in [1.82, 2.24) is 20.1 Å². The van der Waals surface area contributed by atoms with Crippen molar-refractivity contribution in [3.8, 4) is 0 Å². The van der Waals surface area contributed by atoms with E-state index in [9.17, 15) is 13.6 Å². The summed E-state index contributed by atoms with van der Waals surface area (Å²) in [7, 11) is 0. The quantitative estimate of drug-likeness (QED) is 0.772. The Morgan fingerprint density at radius 3 is 2.76 bits per heavy atom. The van der Waals surface area contributed by atoms with Crippen molar-refractivity contribution in [2.75, 3.05) is 6.54 Å². The molecule has 1 fully saturated rings. The Balaban J connectivity index is 1.56. The second-order valence-electron chi connectivity index (χ2n) is 6.53. The molecule has 0 spiro atoms. The van der Waals surface area contributed by atoms with E-state index in [-0.39, 0.29) is 29.3 Å². The molecule has 0 unspecified atom stereocenters. The first kappa shape index (κ1) is 17.7. The number of halogens is 2. The molecule has 0 radical (unpaired) electrons. The second kappa shape index (κ2) is 7.03. The molecule has 0 saturated heterocycles. The van der Waals surface area contributed by atoms with Gasteiger partial charge in [0.25, 0.3) is 0 Å². The largest absolute Gasteiger partial charge is 0.355 e. The van der Waals surface area contributed by atoms with Gasteiger partial charge in [0.2, 0.25) is 5.91 Å². The Hall–Kier alpha value is -2.09. The van der Waals surface area contributed by atoms with Crippen LogP contribution in [0.25, 0.3) is 0 Å². The molecule has 1 aliphatic carbocycles. The zero-order valence-corrected chi connectivity index (χ0v) is 14.9. The van der Waals surface area contributed by atoms with Crippen LogP contribution in [-0.4, -0.2) is 27.2 Å². The van der Waals surface area contributed by atoms with Crippen molar-refractivity contribution < 1.29 is 13.6 Å². The number of carbonyl (C=O) groups excluding carboxylic acids is 1. The number of nitrogens with one attached hydrogen (secondary N) is 2. The van der Waals surface area contributed by atoms with E-state index in [4.69, 9.17) is 12.2 Å². The lowest BCUT2D eigenvalue weighted by Gasteiger charge is -2.10. The first-order chi connectivity index (χ1) is 11.9. The minimum Gasteiger partial charge on any atom is -0.355 e. The molecule has 1 heterocycles. The highest BCUT2D eigenvalue weighted by Gasteiger charge is 2.46. The Kier molecular flexibility index (Phi) is 4.99. The summed E-state index contributed by atoms with van der Waals surface area (Å²) in [4.78, 5) is 12.2. The van der Waals surface area contributed by atoms with Gasteiger partial charge in [0, 0.05) is 36.4 Å². The first-order valence-corrected chi connectivity index (χ1v) is 8.68. The van der Waals surface area contributed by atoms with Crippen molar-refractivity contribution >= 4 is 18.1 Å². The van der Waals surface area contributed by atoms with E-state index in [0.717, 1.165) is 5.82 Å². The SMILES string of the molecule is CC(C)n1c(CCNC(=O)[C@@H]2C[C@@H]2c2c(F)cccc2F)n[nH]c1=S. The van der Waals surface area contributed by atoms with Crippen LogP contribution in [0.2, 0.25) is 0 Å². The average Bonchev–Trinajstić information content (AvgIpc) is 3.23. The molecular formula is C17H20F2N4OS. The molecular weight excluding hydrogens is 346 g/mol. The van der Waals surface area contributed by atoms with Gasteiger partial charge in [-0.1, -0.05) is 6.07 Å². The summed E-state index contributed by atoms with van der Waals surface area (Å²) in [6, 6.07) is 3.95. The molecule has 0 bridgehead atoms. The Bertz CT molecular complexity index is 825. The van der Waals surface area contributed by atoms with Crippen LogP contribution in [-0.2, 0) is 11.2 Å². The van der Waals surface area contributed by atoms with Gasteiger partial charge in [-0.3, -0.25) is 9.89 Å². The van der Waals surface area contributed by atoms with E-state index in [2.05, 4.69) is 15.5 Å². The van der Waals surface area contributed by atoms with Crippen molar-refractivity contribution in [2.24, 2.45) is 5.92 Å². The van der Waals surface area contributed by atoms with Crippen LogP contribution in [0.5, 0.6) is 0 Å². The molecule has 134 valence electrons. The summed E-state index contributed by atoms with van der Waals surface area (Å²) >= 11 is 5.18. The van der Waals surface area contributed by atoms with Crippen LogP contribution in [0.15, 0.2) is 18.2 Å². The molecule has 1 amide bonds. The fourth-order valence-corrected chi connectivity index (χ4v) is 3.51. The van der Waals surface area contributed by atoms with Gasteiger partial charge in [-0.2, -0.15) is 5.10 Å². The van der Waals surface area contributed by atoms with Crippen molar-refractivity contribution in [1.29, 1.82) is 0 Å². The molecule has 2 atom stereocenters. The second-order valence-corrected chi connectivity index (χ2v) is 6.92. The van der Waals surface area contributed by atoms with E-state index in [1.54, 1.807) is 0 Å². The number of hydrogen-bond donors (Lipinski definition) is 2. The first-order valence-electron chi connectivity index (χ1n) is 8.27. The molecule has 0 aliphatic heterocycles. The number of aromatic amines is 1. The fraction of sp³-hybridized carbons (Fsp3) is 0.471. The van der Waals surface area contributed by atoms with Crippen molar-refractivity contribution in [2.45, 2.75) is 38.6 Å². The third-order valence-corrected chi connectivity index (χ3v) is 4.73. The number of nitrogens with zero attached hydrogens (tertiary/aromatic N) is 2. The maximum absolute atomic E-state index is 13.8. The fourth-order valence-electron chi connectivity index (χ4n) is 3.14. The molecule has 1 aromatic carbocycles. The highest BCUT2D eigenvalue weighted by atomic mass is 32.1. The minimum atomic E-state index is -0.590. The molecule has 8 heteroatoms. The molecule has 3 rings (SSSR count). The Labute approximate surface area is 149 Å². The summed E-state index contributed by atoms with van der Waals surface area (Å²) in [5.74, 6) is -1.35. The standard InChI is InChI=1S/C17H20F2N4OS/c1-9(2)23-14(21-22-17(23)25)6-7-20-16(24)11-8-10(11)15-12(18)4-3-5-13(15)19/h3-5,9-11H,6-8H2,1-2H3,(H,20,24)(H,22,25)/t10-,11+/m0/s1. The van der Waals surface area contributed by atoms with Gasteiger partial charge in [0.1, 0.15) is 17.5 Å². The Morgan fingerprint density at radius 2 is 2.12 bits per heavy atom. The summed E-state index contributed by atoms with van der Waals surface area (Å²) in [6.07, 6.45) is 0.997. The van der Waals surface area contributed by atoms with E-state index in [1.165, 1.54) is 18.2 Å². The van der Waals surface area contributed by atoms with Crippen LogP contribution in [0.4, 0.5) is 8.78 Å². The van der Waals surface area contributed by atoms with E-state index >= 15 is 0 Å². The third-order valence-electron chi connectivity index (χ3n) is 4.44. The van der Waals surface area contributed by atoms with Crippen molar-refractivity contribution in [3.05, 3.63) is 46.0 Å². The molecule has 1 aliphatic rings. The number of benzene rings is 1. The van der Waals surface area contributed by atoms with Crippen LogP contribution < -0.4 is 5.32 Å². The number of H-pyrrole nitrogens is 1. The van der Waals surface area contributed by atoms with Gasteiger partial charge < -0.3 is 9.88 Å². The topological polar surface area (TPSA) is 62.7 Å². The lowest BCUT2D eigenvalue weighted by Crippen LogP contribution is -2.28. The van der Waals surface area contributed by atoms with Gasteiger partial charge in [-0.15, -0.1) is 0 Å². The van der Waals surface area contributed by atoms with Crippen LogP contribution in [0.1, 0.15) is 43.6 Å². The van der Waals surface area contributed by atoms with Crippen LogP contribution >= 0.6 is 12.2 Å². The van der Waals surface area contributed by atoms with E-state index in [0.29, 0.717) is 24.2 Å². The van der Waals surface area contributed by atoms with Gasteiger partial charge in [-0.05, 0) is 44.6 Å². The summed E-state index contributed by atoms with van der Waals surface area (Å²) in [6.45, 7) is 4.41. The minimum absolute atomic E-state index is 0.0170. The lowest BCUT2D eigenvalue weighted by atomic mass is 10.1. The third kappa shape index (κ3) is 3.63. The van der Waals surface area contributed by atoms with Crippen LogP contribution in [0, 0.1) is 22.3 Å². The molecule has 1 aromatic heterocycles. The predicted octanol–water partition coefficient (Wildman–Crippen LogP) is 3.26. The monoisotopic (exact) mass is 366 g/mol. The highest BCUT2D eigenvalue weighted by molar-refractivity contribution is 7.71. The molecule has 5 nitrogen and oxygen atoms in total. The molecule has 2 N–H and O–H groups in total. The molecule has 2 aromatic rings. The van der Waals surface area contributed by atoms with Crippen LogP contribution in [0.3, 0.4) is 0 Å². The maximum Gasteiger partial charge on any atom is 0.223 e. The van der Waals surface area contributed by atoms with E-state index in [1.807, 2.05) is 18.4 Å². The molecule has 1 saturated carbocycles. The Morgan fingerprint density at radius 1 is 1.44 bits per heavy atom. The van der Waals surface area contributed by atoms with Crippen molar-refractivity contribution in [3.63, 3.8) is 0 Å². The smallest absolute Gasteiger partial charge is 0.223 e. The zero-order valence-electron chi connectivity index (χ0n) is 14.1. The number of carbonyl (C=O) groups is 1. The highest BCUT2D eigenvalue weighted by Crippen LogP contribution is 2.49. The number of amides is 1. The average molecular weight is 366 g/mol. The summed E-state index contributed by atoms with van der Waals surface area (Å²) < 4.78 is 30.0. The number of aromatic nitrogens is 3. The normalized spacial score (nSPS) is 19.2. The van der Waals surface area contributed by atoms with Gasteiger partial charge in [-0.25, -0.2) is 8.78 Å². The van der Waals surface area contributed by atoms with Gasteiger partial charge in [0.15, 0.2) is 4.77 Å². The van der Waals surface area contributed by atoms with Gasteiger partial charge >= 0.3 is 0 Å². The lowest BCUT2D eigenvalue weighted by molar-refractivity contribution is -0.122. The van der Waals surface area contributed by atoms with E-state index < -0.39 is 11.6 Å². The summed E-state index contributed by atoms with van der Waals surface area (Å²) in [5, 5.41) is 9.75. The number of hydrogen-bond acceptors (Lipinski definition) is 3. The molecule has 25 heavy (non-hydrogen) atoms. The predicted molar refractivity (Wildman–Crippen MR) is 91.7 cm³/mol. The summed E-state index contributed by atoms with van der Waals surface area (Å²) in [5.41, 5.74) is 0.0170. The van der Waals surface area contributed by atoms with Gasteiger partial charge in [0.05, 0.1) is 0 Å². The maximum atomic E-state index is 13.8. The zero-order chi connectivity index (χ0) is 18.1.